The van der Waals surface area contributed by atoms with Crippen LogP contribution in [0.1, 0.15) is 40.8 Å². The van der Waals surface area contributed by atoms with Crippen molar-refractivity contribution >= 4 is 17.0 Å². The van der Waals surface area contributed by atoms with Crippen LogP contribution < -0.4 is 0 Å². The molecule has 1 aromatic heterocycles. The Morgan fingerprint density at radius 2 is 1.72 bits per heavy atom. The predicted molar refractivity (Wildman–Crippen MR) is 82.7 cm³/mol. The van der Waals surface area contributed by atoms with Crippen LogP contribution in [0.3, 0.4) is 0 Å². The fourth-order valence-electron chi connectivity index (χ4n) is 2.14. The molecular formula is C16H20BrN. The van der Waals surface area contributed by atoms with E-state index in [1.165, 1.54) is 22.3 Å². The summed E-state index contributed by atoms with van der Waals surface area (Å²) in [4.78, 5) is 4.38. The zero-order chi connectivity index (χ0) is 12.4. The highest BCUT2D eigenvalue weighted by Gasteiger charge is 2.11. The minimum Gasteiger partial charge on any atom is -0.261 e. The third-order valence-electron chi connectivity index (χ3n) is 3.34. The number of aryl methyl sites for hydroxylation is 3. The first-order valence-electron chi connectivity index (χ1n) is 6.07. The molecule has 0 saturated heterocycles. The summed E-state index contributed by atoms with van der Waals surface area (Å²) in [5.74, 6) is 0.406. The topological polar surface area (TPSA) is 12.9 Å². The van der Waals surface area contributed by atoms with Gasteiger partial charge in [-0.15, -0.1) is 17.0 Å². The zero-order valence-electron chi connectivity index (χ0n) is 11.4. The molecule has 0 amide bonds. The number of benzene rings is 1. The highest BCUT2D eigenvalue weighted by Crippen LogP contribution is 2.27. The average molecular weight is 306 g/mol. The third kappa shape index (κ3) is 3.20. The number of hydrogen-bond donors (Lipinski definition) is 0. The van der Waals surface area contributed by atoms with Gasteiger partial charge in [0.05, 0.1) is 0 Å². The molecule has 96 valence electrons. The number of halogens is 1. The second-order valence-corrected chi connectivity index (χ2v) is 4.81. The van der Waals surface area contributed by atoms with Crippen molar-refractivity contribution < 1.29 is 0 Å². The van der Waals surface area contributed by atoms with Gasteiger partial charge in [-0.05, 0) is 43.5 Å². The van der Waals surface area contributed by atoms with Crippen molar-refractivity contribution in [3.63, 3.8) is 0 Å². The minimum absolute atomic E-state index is 0. The van der Waals surface area contributed by atoms with Crippen LogP contribution in [0.4, 0.5) is 0 Å². The molecule has 0 saturated carbocycles. The molecule has 1 nitrogen and oxygen atoms in total. The average Bonchev–Trinajstić information content (AvgIpc) is 2.32. The largest absolute Gasteiger partial charge is 0.261 e. The molecule has 0 fully saturated rings. The summed E-state index contributed by atoms with van der Waals surface area (Å²) in [7, 11) is 0. The van der Waals surface area contributed by atoms with Gasteiger partial charge in [-0.25, -0.2) is 0 Å². The van der Waals surface area contributed by atoms with E-state index in [2.05, 4.69) is 56.1 Å². The zero-order valence-corrected chi connectivity index (χ0v) is 13.1. The molecule has 0 bridgehead atoms. The highest BCUT2D eigenvalue weighted by molar-refractivity contribution is 8.93. The molecule has 0 N–H and O–H groups in total. The lowest BCUT2D eigenvalue weighted by Crippen LogP contribution is -2.00. The molecule has 0 aliphatic heterocycles. The number of aromatic nitrogens is 1. The Labute approximate surface area is 120 Å². The van der Waals surface area contributed by atoms with Crippen molar-refractivity contribution in [1.82, 2.24) is 4.98 Å². The summed E-state index contributed by atoms with van der Waals surface area (Å²) in [6, 6.07) is 10.9. The molecular weight excluding hydrogens is 286 g/mol. The monoisotopic (exact) mass is 305 g/mol. The number of hydrogen-bond acceptors (Lipinski definition) is 1. The molecule has 0 radical (unpaired) electrons. The van der Waals surface area contributed by atoms with Crippen LogP contribution in [-0.2, 0) is 0 Å². The van der Waals surface area contributed by atoms with Gasteiger partial charge in [0.15, 0.2) is 0 Å². The van der Waals surface area contributed by atoms with Gasteiger partial charge in [0.1, 0.15) is 0 Å². The summed E-state index contributed by atoms with van der Waals surface area (Å²) in [6.07, 6.45) is 1.99. The Bertz CT molecular complexity index is 517. The first-order chi connectivity index (χ1) is 8.08. The van der Waals surface area contributed by atoms with Gasteiger partial charge in [-0.2, -0.15) is 0 Å². The second kappa shape index (κ2) is 6.14. The summed E-state index contributed by atoms with van der Waals surface area (Å²) in [6.45, 7) is 8.58. The summed E-state index contributed by atoms with van der Waals surface area (Å²) >= 11 is 0. The van der Waals surface area contributed by atoms with E-state index in [4.69, 9.17) is 0 Å². The molecule has 0 aliphatic carbocycles. The van der Waals surface area contributed by atoms with E-state index >= 15 is 0 Å². The minimum atomic E-state index is 0. The van der Waals surface area contributed by atoms with Crippen molar-refractivity contribution in [1.29, 1.82) is 0 Å². The van der Waals surface area contributed by atoms with Crippen LogP contribution >= 0.6 is 17.0 Å². The maximum Gasteiger partial charge on any atom is 0.0372 e. The molecule has 18 heavy (non-hydrogen) atoms. The molecule has 1 unspecified atom stereocenters. The molecule has 1 atom stereocenters. The second-order valence-electron chi connectivity index (χ2n) is 4.81. The van der Waals surface area contributed by atoms with Crippen LogP contribution in [0.2, 0.25) is 0 Å². The van der Waals surface area contributed by atoms with Gasteiger partial charge in [0.2, 0.25) is 0 Å². The summed E-state index contributed by atoms with van der Waals surface area (Å²) in [5, 5.41) is 0. The van der Waals surface area contributed by atoms with E-state index in [0.29, 0.717) is 5.92 Å². The molecule has 2 aromatic rings. The van der Waals surface area contributed by atoms with Crippen molar-refractivity contribution in [2.24, 2.45) is 0 Å². The van der Waals surface area contributed by atoms with Crippen LogP contribution in [0.15, 0.2) is 36.5 Å². The van der Waals surface area contributed by atoms with Crippen molar-refractivity contribution in [2.45, 2.75) is 33.6 Å². The van der Waals surface area contributed by atoms with E-state index in [1.807, 2.05) is 13.1 Å². The first kappa shape index (κ1) is 14.9. The van der Waals surface area contributed by atoms with Gasteiger partial charge in [0, 0.05) is 17.8 Å². The van der Waals surface area contributed by atoms with Gasteiger partial charge < -0.3 is 0 Å². The number of rotatable bonds is 2. The Morgan fingerprint density at radius 3 is 2.33 bits per heavy atom. The molecule has 1 aromatic carbocycles. The fraction of sp³-hybridized carbons (Fsp3) is 0.312. The molecule has 0 aliphatic rings. The molecule has 0 spiro atoms. The molecule has 2 heteroatoms. The van der Waals surface area contributed by atoms with Gasteiger partial charge >= 0.3 is 0 Å². The van der Waals surface area contributed by atoms with Gasteiger partial charge in [0.25, 0.3) is 0 Å². The van der Waals surface area contributed by atoms with Gasteiger partial charge in [-0.1, -0.05) is 36.8 Å². The van der Waals surface area contributed by atoms with E-state index in [-0.39, 0.29) is 17.0 Å². The van der Waals surface area contributed by atoms with Crippen molar-refractivity contribution in [3.05, 3.63) is 64.5 Å². The normalized spacial score (nSPS) is 11.8. The Kier molecular flexibility index (Phi) is 5.09. The molecule has 1 heterocycles. The lowest BCUT2D eigenvalue weighted by molar-refractivity contribution is 0.894. The lowest BCUT2D eigenvalue weighted by atomic mass is 9.90. The van der Waals surface area contributed by atoms with Crippen LogP contribution in [-0.4, -0.2) is 4.98 Å². The number of nitrogens with zero attached hydrogens (tertiary/aromatic N) is 1. The highest BCUT2D eigenvalue weighted by atomic mass is 79.9. The SMILES string of the molecule is Br.Cc1ccc(C)c(C(C)c2ccc(C)nc2)c1. The Hall–Kier alpha value is -1.15. The Morgan fingerprint density at radius 1 is 1.00 bits per heavy atom. The summed E-state index contributed by atoms with van der Waals surface area (Å²) in [5.41, 5.74) is 6.42. The molecule has 2 rings (SSSR count). The smallest absolute Gasteiger partial charge is 0.0372 e. The van der Waals surface area contributed by atoms with Gasteiger partial charge in [-0.3, -0.25) is 4.98 Å². The van der Waals surface area contributed by atoms with Crippen LogP contribution in [0, 0.1) is 20.8 Å². The van der Waals surface area contributed by atoms with E-state index < -0.39 is 0 Å². The maximum absolute atomic E-state index is 4.38. The standard InChI is InChI=1S/C16H19N.BrH/c1-11-5-6-12(2)16(9-11)14(4)15-8-7-13(3)17-10-15;/h5-10,14H,1-4H3;1H. The quantitative estimate of drug-likeness (QED) is 0.781. The third-order valence-corrected chi connectivity index (χ3v) is 3.34. The summed E-state index contributed by atoms with van der Waals surface area (Å²) < 4.78 is 0. The van der Waals surface area contributed by atoms with Crippen LogP contribution in [0.5, 0.6) is 0 Å². The van der Waals surface area contributed by atoms with Crippen LogP contribution in [0.25, 0.3) is 0 Å². The maximum atomic E-state index is 4.38. The van der Waals surface area contributed by atoms with E-state index in [0.717, 1.165) is 5.69 Å². The number of pyridine rings is 1. The first-order valence-corrected chi connectivity index (χ1v) is 6.07. The lowest BCUT2D eigenvalue weighted by Gasteiger charge is -2.15. The van der Waals surface area contributed by atoms with Crippen molar-refractivity contribution in [3.8, 4) is 0 Å². The van der Waals surface area contributed by atoms with Crippen molar-refractivity contribution in [2.75, 3.05) is 0 Å². The fourth-order valence-corrected chi connectivity index (χ4v) is 2.14. The Balaban J connectivity index is 0.00000162. The van der Waals surface area contributed by atoms with E-state index in [9.17, 15) is 0 Å². The predicted octanol–water partition coefficient (Wildman–Crippen LogP) is 4.74. The van der Waals surface area contributed by atoms with E-state index in [1.54, 1.807) is 0 Å².